The number of amides is 1. The Labute approximate surface area is 155 Å². The van der Waals surface area contributed by atoms with Crippen LogP contribution in [0, 0.1) is 0 Å². The fourth-order valence-electron chi connectivity index (χ4n) is 2.39. The lowest BCUT2D eigenvalue weighted by molar-refractivity contribution is -0.139. The van der Waals surface area contributed by atoms with Gasteiger partial charge in [-0.3, -0.25) is 4.79 Å². The number of hydrogen-bond donors (Lipinski definition) is 1. The molecule has 136 valence electrons. The van der Waals surface area contributed by atoms with Gasteiger partial charge in [0.2, 0.25) is 0 Å². The van der Waals surface area contributed by atoms with E-state index in [2.05, 4.69) is 5.32 Å². The summed E-state index contributed by atoms with van der Waals surface area (Å²) in [5.41, 5.74) is 0.464. The van der Waals surface area contributed by atoms with Crippen LogP contribution in [0.5, 0.6) is 0 Å². The van der Waals surface area contributed by atoms with Gasteiger partial charge in [0.05, 0.1) is 31.0 Å². The second-order valence-electron chi connectivity index (χ2n) is 5.06. The molecule has 1 aromatic rings. The fraction of sp³-hybridized carbons (Fsp3) is 0.167. The van der Waals surface area contributed by atoms with Crippen LogP contribution in [0.15, 0.2) is 53.9 Å². The topological polar surface area (TPSA) is 84.9 Å². The van der Waals surface area contributed by atoms with E-state index in [-0.39, 0.29) is 16.8 Å². The number of nitrogens with zero attached hydrogens (tertiary/aromatic N) is 1. The van der Waals surface area contributed by atoms with E-state index in [1.165, 1.54) is 44.5 Å². The average molecular weight is 377 g/mol. The van der Waals surface area contributed by atoms with Crippen molar-refractivity contribution in [3.8, 4) is 0 Å². The SMILES string of the molecule is CNC(=O)c1cc(Cl)ccc1N1C=CC=CC(C(=O)OC)=C1C(=O)OC. The summed E-state index contributed by atoms with van der Waals surface area (Å²) in [4.78, 5) is 38.3. The zero-order chi connectivity index (χ0) is 19.3. The van der Waals surface area contributed by atoms with Crippen molar-refractivity contribution in [2.75, 3.05) is 26.2 Å². The minimum absolute atomic E-state index is 0.0119. The Kier molecular flexibility index (Phi) is 6.19. The first-order valence-corrected chi connectivity index (χ1v) is 7.89. The molecular formula is C18H17ClN2O5. The normalized spacial score (nSPS) is 13.3. The monoisotopic (exact) mass is 376 g/mol. The zero-order valence-corrected chi connectivity index (χ0v) is 15.2. The molecule has 0 bridgehead atoms. The molecule has 8 heteroatoms. The van der Waals surface area contributed by atoms with E-state index in [0.717, 1.165) is 0 Å². The molecule has 0 unspecified atom stereocenters. The number of rotatable bonds is 4. The number of carbonyl (C=O) groups is 3. The van der Waals surface area contributed by atoms with Crippen LogP contribution in [0.1, 0.15) is 10.4 Å². The summed E-state index contributed by atoms with van der Waals surface area (Å²) in [7, 11) is 3.88. The number of methoxy groups -OCH3 is 2. The summed E-state index contributed by atoms with van der Waals surface area (Å²) in [6.07, 6.45) is 6.16. The van der Waals surface area contributed by atoms with Crippen LogP contribution in [-0.4, -0.2) is 39.1 Å². The number of esters is 2. The summed E-state index contributed by atoms with van der Waals surface area (Å²) in [5, 5.41) is 2.87. The fourth-order valence-corrected chi connectivity index (χ4v) is 2.56. The first-order chi connectivity index (χ1) is 12.4. The van der Waals surface area contributed by atoms with E-state index < -0.39 is 17.8 Å². The summed E-state index contributed by atoms with van der Waals surface area (Å²) in [6.45, 7) is 0. The quantitative estimate of drug-likeness (QED) is 0.811. The van der Waals surface area contributed by atoms with Gasteiger partial charge in [-0.15, -0.1) is 0 Å². The van der Waals surface area contributed by atoms with E-state index in [1.54, 1.807) is 24.3 Å². The lowest BCUT2D eigenvalue weighted by Gasteiger charge is -2.25. The van der Waals surface area contributed by atoms with Crippen molar-refractivity contribution >= 4 is 35.1 Å². The van der Waals surface area contributed by atoms with Gasteiger partial charge in [-0.05, 0) is 30.4 Å². The lowest BCUT2D eigenvalue weighted by Crippen LogP contribution is -2.29. The molecule has 0 atom stereocenters. The highest BCUT2D eigenvalue weighted by Gasteiger charge is 2.29. The molecule has 0 saturated carbocycles. The Morgan fingerprint density at radius 1 is 1.08 bits per heavy atom. The maximum Gasteiger partial charge on any atom is 0.355 e. The van der Waals surface area contributed by atoms with Gasteiger partial charge in [-0.25, -0.2) is 9.59 Å². The van der Waals surface area contributed by atoms with E-state index in [1.807, 2.05) is 0 Å². The van der Waals surface area contributed by atoms with Crippen LogP contribution in [0.4, 0.5) is 5.69 Å². The van der Waals surface area contributed by atoms with Crippen LogP contribution in [0.3, 0.4) is 0 Å². The number of halogens is 1. The molecule has 1 heterocycles. The molecule has 1 aromatic carbocycles. The van der Waals surface area contributed by atoms with Crippen LogP contribution < -0.4 is 10.2 Å². The van der Waals surface area contributed by atoms with Crippen molar-refractivity contribution in [1.82, 2.24) is 5.32 Å². The van der Waals surface area contributed by atoms with Crippen molar-refractivity contribution in [1.29, 1.82) is 0 Å². The van der Waals surface area contributed by atoms with Crippen LogP contribution in [0.2, 0.25) is 5.02 Å². The van der Waals surface area contributed by atoms with Gasteiger partial charge in [0.1, 0.15) is 5.70 Å². The molecule has 1 N–H and O–H groups in total. The number of hydrogen-bond acceptors (Lipinski definition) is 6. The molecule has 1 amide bonds. The van der Waals surface area contributed by atoms with Gasteiger partial charge >= 0.3 is 11.9 Å². The summed E-state index contributed by atoms with van der Waals surface area (Å²) in [6, 6.07) is 4.61. The Hall–Kier alpha value is -3.06. The smallest absolute Gasteiger partial charge is 0.355 e. The Bertz CT molecular complexity index is 842. The van der Waals surface area contributed by atoms with Gasteiger partial charge in [-0.2, -0.15) is 0 Å². The molecular weight excluding hydrogens is 360 g/mol. The second-order valence-corrected chi connectivity index (χ2v) is 5.49. The first-order valence-electron chi connectivity index (χ1n) is 7.51. The average Bonchev–Trinajstić information content (AvgIpc) is 2.88. The summed E-state index contributed by atoms with van der Waals surface area (Å²) in [5.74, 6) is -1.89. The van der Waals surface area contributed by atoms with Gasteiger partial charge < -0.3 is 19.7 Å². The summed E-state index contributed by atoms with van der Waals surface area (Å²) >= 11 is 6.01. The number of carbonyl (C=O) groups excluding carboxylic acids is 3. The van der Waals surface area contributed by atoms with Gasteiger partial charge in [0.15, 0.2) is 0 Å². The Morgan fingerprint density at radius 2 is 1.77 bits per heavy atom. The third-order valence-electron chi connectivity index (χ3n) is 3.58. The highest BCUT2D eigenvalue weighted by molar-refractivity contribution is 6.31. The van der Waals surface area contributed by atoms with E-state index >= 15 is 0 Å². The number of nitrogens with one attached hydrogen (secondary N) is 1. The largest absolute Gasteiger partial charge is 0.465 e. The minimum atomic E-state index is -0.764. The van der Waals surface area contributed by atoms with E-state index in [9.17, 15) is 14.4 Å². The maximum absolute atomic E-state index is 12.4. The number of anilines is 1. The summed E-state index contributed by atoms with van der Waals surface area (Å²) < 4.78 is 9.59. The first kappa shape index (κ1) is 19.3. The lowest BCUT2D eigenvalue weighted by atomic mass is 10.1. The Morgan fingerprint density at radius 3 is 2.38 bits per heavy atom. The van der Waals surface area contributed by atoms with Crippen LogP contribution >= 0.6 is 11.6 Å². The van der Waals surface area contributed by atoms with Crippen molar-refractivity contribution in [3.05, 3.63) is 64.5 Å². The molecule has 1 aliphatic heterocycles. The van der Waals surface area contributed by atoms with Crippen molar-refractivity contribution in [2.24, 2.45) is 0 Å². The maximum atomic E-state index is 12.4. The molecule has 0 aromatic heterocycles. The minimum Gasteiger partial charge on any atom is -0.465 e. The van der Waals surface area contributed by atoms with Gasteiger partial charge in [0, 0.05) is 18.3 Å². The molecule has 0 saturated heterocycles. The van der Waals surface area contributed by atoms with Crippen molar-refractivity contribution in [2.45, 2.75) is 0 Å². The predicted octanol–water partition coefficient (Wildman–Crippen LogP) is 2.19. The van der Waals surface area contributed by atoms with Crippen molar-refractivity contribution < 1.29 is 23.9 Å². The molecule has 7 nitrogen and oxygen atoms in total. The molecule has 2 rings (SSSR count). The predicted molar refractivity (Wildman–Crippen MR) is 96.7 cm³/mol. The standard InChI is InChI=1S/C18H17ClN2O5/c1-20-16(22)13-10-11(19)7-8-14(13)21-9-5-4-6-12(17(23)25-2)15(21)18(24)26-3/h4-10H,1-3H3,(H,20,22). The van der Waals surface area contributed by atoms with Gasteiger partial charge in [-0.1, -0.05) is 17.7 Å². The third-order valence-corrected chi connectivity index (χ3v) is 3.81. The highest BCUT2D eigenvalue weighted by Crippen LogP contribution is 2.31. The van der Waals surface area contributed by atoms with Crippen LogP contribution in [-0.2, 0) is 19.1 Å². The molecule has 0 fully saturated rings. The Balaban J connectivity index is 2.76. The van der Waals surface area contributed by atoms with E-state index in [4.69, 9.17) is 21.1 Å². The number of ether oxygens (including phenoxy) is 2. The molecule has 0 radical (unpaired) electrons. The zero-order valence-electron chi connectivity index (χ0n) is 14.4. The molecule has 0 aliphatic carbocycles. The second kappa shape index (κ2) is 8.35. The number of allylic oxidation sites excluding steroid dienone is 2. The third kappa shape index (κ3) is 3.78. The van der Waals surface area contributed by atoms with Crippen molar-refractivity contribution in [3.63, 3.8) is 0 Å². The molecule has 0 spiro atoms. The number of benzene rings is 1. The molecule has 1 aliphatic rings. The van der Waals surface area contributed by atoms with Crippen LogP contribution in [0.25, 0.3) is 0 Å². The van der Waals surface area contributed by atoms with Gasteiger partial charge in [0.25, 0.3) is 5.91 Å². The van der Waals surface area contributed by atoms with E-state index in [0.29, 0.717) is 10.7 Å². The highest BCUT2D eigenvalue weighted by atomic mass is 35.5. The molecule has 26 heavy (non-hydrogen) atoms.